The Morgan fingerprint density at radius 3 is 2.60 bits per heavy atom. The Morgan fingerprint density at radius 1 is 1.13 bits per heavy atom. The van der Waals surface area contributed by atoms with Crippen LogP contribution in [0.2, 0.25) is 0 Å². The standard InChI is InChI=1S/C13H26N2/c1-10-4-5-12(3)15(8-10)9-13-11(2)6-7-14-13/h10-14H,4-9H2,1-3H3. The van der Waals surface area contributed by atoms with Gasteiger partial charge in [-0.1, -0.05) is 13.8 Å². The second-order valence-corrected chi connectivity index (χ2v) is 5.81. The average molecular weight is 210 g/mol. The van der Waals surface area contributed by atoms with Gasteiger partial charge in [0.25, 0.3) is 0 Å². The van der Waals surface area contributed by atoms with Gasteiger partial charge >= 0.3 is 0 Å². The molecule has 2 aliphatic heterocycles. The zero-order valence-electron chi connectivity index (χ0n) is 10.5. The summed E-state index contributed by atoms with van der Waals surface area (Å²) in [7, 11) is 0. The van der Waals surface area contributed by atoms with Crippen LogP contribution in [0.4, 0.5) is 0 Å². The molecule has 15 heavy (non-hydrogen) atoms. The van der Waals surface area contributed by atoms with Crippen LogP contribution in [0.15, 0.2) is 0 Å². The highest BCUT2D eigenvalue weighted by Crippen LogP contribution is 2.23. The van der Waals surface area contributed by atoms with Gasteiger partial charge in [-0.25, -0.2) is 0 Å². The van der Waals surface area contributed by atoms with Crippen molar-refractivity contribution in [3.63, 3.8) is 0 Å². The molecule has 0 amide bonds. The summed E-state index contributed by atoms with van der Waals surface area (Å²) in [5.41, 5.74) is 0. The summed E-state index contributed by atoms with van der Waals surface area (Å²) >= 11 is 0. The quantitative estimate of drug-likeness (QED) is 0.751. The van der Waals surface area contributed by atoms with E-state index in [1.54, 1.807) is 0 Å². The number of likely N-dealkylation sites (tertiary alicyclic amines) is 1. The van der Waals surface area contributed by atoms with Gasteiger partial charge in [0.2, 0.25) is 0 Å². The van der Waals surface area contributed by atoms with Crippen molar-refractivity contribution in [3.8, 4) is 0 Å². The first kappa shape index (κ1) is 11.4. The summed E-state index contributed by atoms with van der Waals surface area (Å²) < 4.78 is 0. The van der Waals surface area contributed by atoms with Crippen molar-refractivity contribution in [2.45, 2.75) is 52.1 Å². The second kappa shape index (κ2) is 4.84. The lowest BCUT2D eigenvalue weighted by atomic mass is 9.93. The van der Waals surface area contributed by atoms with E-state index in [4.69, 9.17) is 0 Å². The monoisotopic (exact) mass is 210 g/mol. The maximum atomic E-state index is 3.65. The van der Waals surface area contributed by atoms with Gasteiger partial charge in [0.15, 0.2) is 0 Å². The molecule has 4 atom stereocenters. The fourth-order valence-electron chi connectivity index (χ4n) is 3.03. The molecule has 0 aromatic rings. The Morgan fingerprint density at radius 2 is 1.93 bits per heavy atom. The molecule has 2 aliphatic rings. The fourth-order valence-corrected chi connectivity index (χ4v) is 3.03. The predicted molar refractivity (Wildman–Crippen MR) is 65.0 cm³/mol. The molecule has 1 N–H and O–H groups in total. The molecule has 0 aromatic heterocycles. The van der Waals surface area contributed by atoms with Crippen LogP contribution < -0.4 is 5.32 Å². The highest BCUT2D eigenvalue weighted by Gasteiger charge is 2.29. The molecule has 0 aromatic carbocycles. The van der Waals surface area contributed by atoms with Crippen LogP contribution in [0.1, 0.15) is 40.0 Å². The van der Waals surface area contributed by atoms with Crippen LogP contribution in [-0.4, -0.2) is 36.6 Å². The molecule has 2 saturated heterocycles. The number of nitrogens with zero attached hydrogens (tertiary/aromatic N) is 1. The summed E-state index contributed by atoms with van der Waals surface area (Å²) in [6, 6.07) is 1.55. The van der Waals surface area contributed by atoms with E-state index in [1.807, 2.05) is 0 Å². The lowest BCUT2D eigenvalue weighted by molar-refractivity contribution is 0.109. The third-order valence-corrected chi connectivity index (χ3v) is 4.37. The number of hydrogen-bond acceptors (Lipinski definition) is 2. The zero-order chi connectivity index (χ0) is 10.8. The maximum Gasteiger partial charge on any atom is 0.0221 e. The third-order valence-electron chi connectivity index (χ3n) is 4.37. The molecule has 0 radical (unpaired) electrons. The van der Waals surface area contributed by atoms with Crippen molar-refractivity contribution in [2.75, 3.05) is 19.6 Å². The smallest absolute Gasteiger partial charge is 0.0221 e. The van der Waals surface area contributed by atoms with Crippen LogP contribution in [0.5, 0.6) is 0 Å². The van der Waals surface area contributed by atoms with Crippen molar-refractivity contribution >= 4 is 0 Å². The van der Waals surface area contributed by atoms with E-state index >= 15 is 0 Å². The van der Waals surface area contributed by atoms with Gasteiger partial charge in [-0.3, -0.25) is 4.90 Å². The minimum atomic E-state index is 0.748. The summed E-state index contributed by atoms with van der Waals surface area (Å²) in [6.45, 7) is 11.0. The SMILES string of the molecule is CC1CCC(C)N(CC2NCCC2C)C1. The molecule has 2 fully saturated rings. The van der Waals surface area contributed by atoms with E-state index in [1.165, 1.54) is 38.9 Å². The van der Waals surface area contributed by atoms with Crippen LogP contribution in [0, 0.1) is 11.8 Å². The van der Waals surface area contributed by atoms with E-state index < -0.39 is 0 Å². The van der Waals surface area contributed by atoms with Crippen LogP contribution in [0.25, 0.3) is 0 Å². The topological polar surface area (TPSA) is 15.3 Å². The second-order valence-electron chi connectivity index (χ2n) is 5.81. The maximum absolute atomic E-state index is 3.65. The first-order valence-electron chi connectivity index (χ1n) is 6.64. The zero-order valence-corrected chi connectivity index (χ0v) is 10.5. The van der Waals surface area contributed by atoms with Crippen LogP contribution in [0.3, 0.4) is 0 Å². The van der Waals surface area contributed by atoms with Gasteiger partial charge in [0.05, 0.1) is 0 Å². The molecule has 2 nitrogen and oxygen atoms in total. The summed E-state index contributed by atoms with van der Waals surface area (Å²) in [5.74, 6) is 1.77. The molecule has 88 valence electrons. The predicted octanol–water partition coefficient (Wildman–Crippen LogP) is 2.10. The summed E-state index contributed by atoms with van der Waals surface area (Å²) in [5, 5.41) is 3.65. The largest absolute Gasteiger partial charge is 0.312 e. The number of nitrogens with one attached hydrogen (secondary N) is 1. The molecule has 2 rings (SSSR count). The van der Waals surface area contributed by atoms with Crippen molar-refractivity contribution in [2.24, 2.45) is 11.8 Å². The molecule has 0 aliphatic carbocycles. The van der Waals surface area contributed by atoms with E-state index in [0.29, 0.717) is 0 Å². The lowest BCUT2D eigenvalue weighted by Gasteiger charge is -2.38. The van der Waals surface area contributed by atoms with Crippen molar-refractivity contribution < 1.29 is 0 Å². The highest BCUT2D eigenvalue weighted by atomic mass is 15.2. The van der Waals surface area contributed by atoms with Gasteiger partial charge in [-0.15, -0.1) is 0 Å². The molecule has 0 spiro atoms. The Labute approximate surface area is 94.4 Å². The third kappa shape index (κ3) is 2.73. The molecule has 2 heteroatoms. The first-order chi connectivity index (χ1) is 7.16. The first-order valence-corrected chi connectivity index (χ1v) is 6.64. The highest BCUT2D eigenvalue weighted by molar-refractivity contribution is 4.87. The molecular formula is C13H26N2. The summed E-state index contributed by atoms with van der Waals surface area (Å²) in [4.78, 5) is 2.70. The fraction of sp³-hybridized carbons (Fsp3) is 1.00. The molecule has 0 bridgehead atoms. The van der Waals surface area contributed by atoms with Crippen LogP contribution >= 0.6 is 0 Å². The Kier molecular flexibility index (Phi) is 3.68. The molecule has 0 saturated carbocycles. The Bertz CT molecular complexity index is 205. The normalized spacial score (nSPS) is 43.4. The van der Waals surface area contributed by atoms with Gasteiger partial charge in [0.1, 0.15) is 0 Å². The van der Waals surface area contributed by atoms with E-state index in [-0.39, 0.29) is 0 Å². The number of hydrogen-bond donors (Lipinski definition) is 1. The van der Waals surface area contributed by atoms with Crippen LogP contribution in [-0.2, 0) is 0 Å². The van der Waals surface area contributed by atoms with Gasteiger partial charge in [-0.2, -0.15) is 0 Å². The van der Waals surface area contributed by atoms with E-state index in [9.17, 15) is 0 Å². The summed E-state index contributed by atoms with van der Waals surface area (Å²) in [6.07, 6.45) is 4.18. The van der Waals surface area contributed by atoms with E-state index in [0.717, 1.165) is 23.9 Å². The number of rotatable bonds is 2. The van der Waals surface area contributed by atoms with Gasteiger partial charge in [0, 0.05) is 25.2 Å². The van der Waals surface area contributed by atoms with Gasteiger partial charge < -0.3 is 5.32 Å². The average Bonchev–Trinajstić information content (AvgIpc) is 2.58. The Hall–Kier alpha value is -0.0800. The lowest BCUT2D eigenvalue weighted by Crippen LogP contribution is -2.48. The van der Waals surface area contributed by atoms with Crippen molar-refractivity contribution in [3.05, 3.63) is 0 Å². The molecular weight excluding hydrogens is 184 g/mol. The minimum absolute atomic E-state index is 0.748. The van der Waals surface area contributed by atoms with Crippen molar-refractivity contribution in [1.82, 2.24) is 10.2 Å². The molecule has 4 unspecified atom stereocenters. The molecule has 2 heterocycles. The number of piperidine rings is 1. The van der Waals surface area contributed by atoms with Crippen molar-refractivity contribution in [1.29, 1.82) is 0 Å². The Balaban J connectivity index is 1.86. The van der Waals surface area contributed by atoms with E-state index in [2.05, 4.69) is 31.0 Å². The van der Waals surface area contributed by atoms with Gasteiger partial charge in [-0.05, 0) is 44.6 Å². The minimum Gasteiger partial charge on any atom is -0.312 e.